The van der Waals surface area contributed by atoms with Crippen LogP contribution in [0, 0.1) is 11.8 Å². The summed E-state index contributed by atoms with van der Waals surface area (Å²) < 4.78 is 5.15. The third-order valence-corrected chi connectivity index (χ3v) is 4.48. The second-order valence-corrected chi connectivity index (χ2v) is 7.08. The molecule has 1 saturated heterocycles. The van der Waals surface area contributed by atoms with E-state index in [-0.39, 0.29) is 0 Å². The van der Waals surface area contributed by atoms with Crippen molar-refractivity contribution in [3.05, 3.63) is 24.3 Å². The van der Waals surface area contributed by atoms with Gasteiger partial charge in [0.1, 0.15) is 5.75 Å². The van der Waals surface area contributed by atoms with Crippen molar-refractivity contribution in [1.82, 2.24) is 10.2 Å². The number of rotatable bonds is 6. The molecule has 0 aliphatic carbocycles. The molecule has 1 aliphatic rings. The smallest absolute Gasteiger partial charge is 0.170 e. The van der Waals surface area contributed by atoms with Crippen LogP contribution in [0.15, 0.2) is 24.3 Å². The van der Waals surface area contributed by atoms with Gasteiger partial charge in [-0.1, -0.05) is 13.8 Å². The molecule has 0 saturated carbocycles. The quantitative estimate of drug-likeness (QED) is 0.616. The van der Waals surface area contributed by atoms with E-state index in [1.807, 2.05) is 24.3 Å². The predicted octanol–water partition coefficient (Wildman–Crippen LogP) is 3.35. The fraction of sp³-hybridized carbons (Fsp3) is 0.611. The van der Waals surface area contributed by atoms with Gasteiger partial charge in [0.2, 0.25) is 0 Å². The highest BCUT2D eigenvalue weighted by Gasteiger charge is 2.20. The summed E-state index contributed by atoms with van der Waals surface area (Å²) in [6.45, 7) is 9.23. The Labute approximate surface area is 145 Å². The Morgan fingerprint density at radius 2 is 1.87 bits per heavy atom. The predicted molar refractivity (Wildman–Crippen MR) is 101 cm³/mol. The molecule has 0 aromatic heterocycles. The summed E-state index contributed by atoms with van der Waals surface area (Å²) in [6, 6.07) is 7.76. The number of hydrogen-bond acceptors (Lipinski definition) is 3. The molecule has 2 atom stereocenters. The minimum atomic E-state index is 0.676. The molecule has 23 heavy (non-hydrogen) atoms. The van der Waals surface area contributed by atoms with Crippen LogP contribution in [0.2, 0.25) is 0 Å². The van der Waals surface area contributed by atoms with Crippen molar-refractivity contribution in [1.29, 1.82) is 0 Å². The van der Waals surface area contributed by atoms with Gasteiger partial charge in [0.25, 0.3) is 0 Å². The van der Waals surface area contributed by atoms with Crippen molar-refractivity contribution in [3.63, 3.8) is 0 Å². The molecule has 0 unspecified atom stereocenters. The molecule has 0 radical (unpaired) electrons. The normalized spacial score (nSPS) is 21.7. The topological polar surface area (TPSA) is 36.5 Å². The molecule has 4 nitrogen and oxygen atoms in total. The van der Waals surface area contributed by atoms with Gasteiger partial charge in [-0.05, 0) is 67.7 Å². The van der Waals surface area contributed by atoms with E-state index in [2.05, 4.69) is 29.4 Å². The fourth-order valence-corrected chi connectivity index (χ4v) is 3.55. The molecule has 2 N–H and O–H groups in total. The summed E-state index contributed by atoms with van der Waals surface area (Å²) in [5, 5.41) is 7.16. The zero-order chi connectivity index (χ0) is 16.7. The van der Waals surface area contributed by atoms with Gasteiger partial charge in [-0.15, -0.1) is 0 Å². The molecular formula is C18H29N3OS. The van der Waals surface area contributed by atoms with Gasteiger partial charge in [-0.25, -0.2) is 0 Å². The van der Waals surface area contributed by atoms with Gasteiger partial charge >= 0.3 is 0 Å². The molecule has 1 fully saturated rings. The molecule has 1 aliphatic heterocycles. The zero-order valence-corrected chi connectivity index (χ0v) is 15.3. The van der Waals surface area contributed by atoms with Gasteiger partial charge in [0, 0.05) is 25.3 Å². The summed E-state index contributed by atoms with van der Waals surface area (Å²) in [6.07, 6.45) is 2.48. The molecule has 2 rings (SSSR count). The summed E-state index contributed by atoms with van der Waals surface area (Å²) >= 11 is 5.34. The maximum atomic E-state index is 5.34. The first-order chi connectivity index (χ1) is 11.1. The highest BCUT2D eigenvalue weighted by atomic mass is 32.1. The number of nitrogens with one attached hydrogen (secondary N) is 2. The summed E-state index contributed by atoms with van der Waals surface area (Å²) in [4.78, 5) is 2.58. The molecule has 1 aromatic carbocycles. The highest BCUT2D eigenvalue weighted by molar-refractivity contribution is 7.80. The van der Waals surface area contributed by atoms with E-state index >= 15 is 0 Å². The third kappa shape index (κ3) is 6.36. The van der Waals surface area contributed by atoms with E-state index in [9.17, 15) is 0 Å². The lowest BCUT2D eigenvalue weighted by Crippen LogP contribution is -2.40. The number of ether oxygens (including phenoxy) is 1. The Balaban J connectivity index is 1.62. The van der Waals surface area contributed by atoms with E-state index in [0.29, 0.717) is 5.11 Å². The maximum Gasteiger partial charge on any atom is 0.170 e. The summed E-state index contributed by atoms with van der Waals surface area (Å²) in [5.41, 5.74) is 0.974. The number of hydrogen-bond donors (Lipinski definition) is 2. The number of anilines is 1. The average molecular weight is 336 g/mol. The lowest BCUT2D eigenvalue weighted by molar-refractivity contribution is 0.140. The van der Waals surface area contributed by atoms with Crippen molar-refractivity contribution in [2.45, 2.75) is 26.7 Å². The fourth-order valence-electron chi connectivity index (χ4n) is 3.33. The Hall–Kier alpha value is -1.33. The minimum absolute atomic E-state index is 0.676. The van der Waals surface area contributed by atoms with Crippen molar-refractivity contribution < 1.29 is 4.74 Å². The highest BCUT2D eigenvalue weighted by Crippen LogP contribution is 2.20. The first-order valence-electron chi connectivity index (χ1n) is 8.48. The van der Waals surface area contributed by atoms with Crippen LogP contribution in [-0.4, -0.2) is 43.3 Å². The van der Waals surface area contributed by atoms with Crippen LogP contribution < -0.4 is 15.4 Å². The number of piperidine rings is 1. The van der Waals surface area contributed by atoms with E-state index in [1.54, 1.807) is 7.11 Å². The van der Waals surface area contributed by atoms with E-state index in [1.165, 1.54) is 19.5 Å². The van der Waals surface area contributed by atoms with Crippen LogP contribution in [0.25, 0.3) is 0 Å². The zero-order valence-electron chi connectivity index (χ0n) is 14.5. The number of likely N-dealkylation sites (tertiary alicyclic amines) is 1. The second kappa shape index (κ2) is 9.08. The molecule has 5 heteroatoms. The molecule has 0 bridgehead atoms. The Bertz CT molecular complexity index is 482. The second-order valence-electron chi connectivity index (χ2n) is 6.67. The third-order valence-electron chi connectivity index (χ3n) is 4.23. The Kier molecular flexibility index (Phi) is 7.12. The standard InChI is InChI=1S/C18H29N3OS/c1-14-11-15(2)13-21(12-14)10-4-9-19-18(23)20-16-5-7-17(22-3)8-6-16/h5-8,14-15H,4,9-13H2,1-3H3,(H2,19,20,23)/t14-,15-/m1/s1. The molecule has 128 valence electrons. The molecular weight excluding hydrogens is 306 g/mol. The lowest BCUT2D eigenvalue weighted by atomic mass is 9.92. The van der Waals surface area contributed by atoms with E-state index in [0.717, 1.165) is 42.8 Å². The Morgan fingerprint density at radius 1 is 1.22 bits per heavy atom. The first-order valence-corrected chi connectivity index (χ1v) is 8.89. The van der Waals surface area contributed by atoms with E-state index in [4.69, 9.17) is 17.0 Å². The van der Waals surface area contributed by atoms with Crippen molar-refractivity contribution >= 4 is 23.0 Å². The number of benzene rings is 1. The number of nitrogens with zero attached hydrogens (tertiary/aromatic N) is 1. The van der Waals surface area contributed by atoms with Gasteiger partial charge in [0.15, 0.2) is 5.11 Å². The van der Waals surface area contributed by atoms with E-state index < -0.39 is 0 Å². The van der Waals surface area contributed by atoms with Crippen LogP contribution in [0.4, 0.5) is 5.69 Å². The van der Waals surface area contributed by atoms with Gasteiger partial charge in [-0.3, -0.25) is 0 Å². The van der Waals surface area contributed by atoms with Crippen LogP contribution in [0.5, 0.6) is 5.75 Å². The van der Waals surface area contributed by atoms with Crippen LogP contribution in [-0.2, 0) is 0 Å². The molecule has 1 aromatic rings. The van der Waals surface area contributed by atoms with Crippen molar-refractivity contribution in [2.75, 3.05) is 38.6 Å². The number of thiocarbonyl (C=S) groups is 1. The maximum absolute atomic E-state index is 5.34. The monoisotopic (exact) mass is 335 g/mol. The van der Waals surface area contributed by atoms with Crippen molar-refractivity contribution in [3.8, 4) is 5.75 Å². The Morgan fingerprint density at radius 3 is 2.48 bits per heavy atom. The number of methoxy groups -OCH3 is 1. The van der Waals surface area contributed by atoms with Gasteiger partial charge in [0.05, 0.1) is 7.11 Å². The van der Waals surface area contributed by atoms with Gasteiger partial charge in [-0.2, -0.15) is 0 Å². The average Bonchev–Trinajstić information content (AvgIpc) is 2.51. The van der Waals surface area contributed by atoms with Crippen molar-refractivity contribution in [2.24, 2.45) is 11.8 Å². The SMILES string of the molecule is COc1ccc(NC(=S)NCCCN2C[C@H](C)C[C@@H](C)C2)cc1. The van der Waals surface area contributed by atoms with Crippen LogP contribution in [0.1, 0.15) is 26.7 Å². The van der Waals surface area contributed by atoms with Gasteiger partial charge < -0.3 is 20.3 Å². The van der Waals surface area contributed by atoms with Crippen LogP contribution in [0.3, 0.4) is 0 Å². The molecule has 1 heterocycles. The largest absolute Gasteiger partial charge is 0.497 e. The lowest BCUT2D eigenvalue weighted by Gasteiger charge is -2.34. The van der Waals surface area contributed by atoms with Crippen LogP contribution >= 0.6 is 12.2 Å². The minimum Gasteiger partial charge on any atom is -0.497 e. The summed E-state index contributed by atoms with van der Waals surface area (Å²) in [5.74, 6) is 2.49. The first kappa shape index (κ1) is 18.0. The molecule has 0 amide bonds. The molecule has 0 spiro atoms. The summed E-state index contributed by atoms with van der Waals surface area (Å²) in [7, 11) is 1.67.